The summed E-state index contributed by atoms with van der Waals surface area (Å²) >= 11 is 0. The highest BCUT2D eigenvalue weighted by Crippen LogP contribution is 2.24. The topological polar surface area (TPSA) is 68.5 Å². The highest BCUT2D eigenvalue weighted by atomic mass is 19.1. The van der Waals surface area contributed by atoms with Crippen molar-refractivity contribution in [2.45, 2.75) is 19.8 Å². The lowest BCUT2D eigenvalue weighted by Gasteiger charge is -2.09. The second kappa shape index (κ2) is 7.57. The molecule has 0 aliphatic rings. The van der Waals surface area contributed by atoms with E-state index in [1.807, 2.05) is 0 Å². The number of hydrogen-bond donors (Lipinski definition) is 1. The fourth-order valence-electron chi connectivity index (χ4n) is 2.88. The Morgan fingerprint density at radius 2 is 1.85 bits per heavy atom. The van der Waals surface area contributed by atoms with Crippen molar-refractivity contribution in [3.05, 3.63) is 69.6 Å². The monoisotopic (exact) mass is 373 g/mol. The number of rotatable bonds is 5. The van der Waals surface area contributed by atoms with Gasteiger partial charge in [-0.2, -0.15) is 0 Å². The highest BCUT2D eigenvalue weighted by molar-refractivity contribution is 5.91. The van der Waals surface area contributed by atoms with Crippen LogP contribution in [0.25, 0.3) is 11.0 Å². The molecule has 3 aromatic rings. The molecule has 0 saturated heterocycles. The van der Waals surface area contributed by atoms with Gasteiger partial charge in [-0.1, -0.05) is 0 Å². The summed E-state index contributed by atoms with van der Waals surface area (Å²) in [6.07, 6.45) is 0.102. The van der Waals surface area contributed by atoms with Gasteiger partial charge in [0.05, 0.1) is 7.11 Å². The molecule has 0 aliphatic carbocycles. The molecule has 0 aliphatic heterocycles. The number of anilines is 1. The SMILES string of the molecule is COc1ccc2c(C)c(CCC(=O)Nc3cc(F)cc(F)c3)c(=O)oc2c1. The molecule has 1 heterocycles. The van der Waals surface area contributed by atoms with Crippen molar-refractivity contribution in [2.24, 2.45) is 0 Å². The van der Waals surface area contributed by atoms with E-state index < -0.39 is 23.2 Å². The van der Waals surface area contributed by atoms with Crippen molar-refractivity contribution in [2.75, 3.05) is 12.4 Å². The van der Waals surface area contributed by atoms with Crippen molar-refractivity contribution in [1.29, 1.82) is 0 Å². The van der Waals surface area contributed by atoms with Crippen LogP contribution in [0.3, 0.4) is 0 Å². The van der Waals surface area contributed by atoms with Gasteiger partial charge < -0.3 is 14.5 Å². The number of ether oxygens (including phenoxy) is 1. The van der Waals surface area contributed by atoms with Gasteiger partial charge in [0.2, 0.25) is 5.91 Å². The minimum absolute atomic E-state index is 0.0202. The predicted octanol–water partition coefficient (Wildman–Crippen LogP) is 3.96. The van der Waals surface area contributed by atoms with Crippen molar-refractivity contribution >= 4 is 22.6 Å². The number of halogens is 2. The Labute approximate surface area is 153 Å². The molecule has 1 amide bonds. The number of aryl methyl sites for hydroxylation is 1. The molecule has 2 aromatic carbocycles. The first kappa shape index (κ1) is 18.6. The summed E-state index contributed by atoms with van der Waals surface area (Å²) in [6, 6.07) is 7.91. The van der Waals surface area contributed by atoms with Gasteiger partial charge in [-0.3, -0.25) is 4.79 Å². The zero-order valence-electron chi connectivity index (χ0n) is 14.8. The number of carbonyl (C=O) groups excluding carboxylic acids is 1. The van der Waals surface area contributed by atoms with Gasteiger partial charge in [0.1, 0.15) is 23.0 Å². The van der Waals surface area contributed by atoms with Crippen LogP contribution in [0.1, 0.15) is 17.5 Å². The summed E-state index contributed by atoms with van der Waals surface area (Å²) in [5.74, 6) is -1.47. The van der Waals surface area contributed by atoms with Gasteiger partial charge in [-0.25, -0.2) is 13.6 Å². The van der Waals surface area contributed by atoms with Gasteiger partial charge in [-0.15, -0.1) is 0 Å². The van der Waals surface area contributed by atoms with E-state index in [9.17, 15) is 18.4 Å². The summed E-state index contributed by atoms with van der Waals surface area (Å²) in [5.41, 5.74) is 0.992. The van der Waals surface area contributed by atoms with E-state index in [1.165, 1.54) is 7.11 Å². The zero-order chi connectivity index (χ0) is 19.6. The molecule has 0 fully saturated rings. The first-order valence-electron chi connectivity index (χ1n) is 8.23. The Bertz CT molecular complexity index is 1060. The summed E-state index contributed by atoms with van der Waals surface area (Å²) in [7, 11) is 1.52. The molecule has 5 nitrogen and oxygen atoms in total. The first-order chi connectivity index (χ1) is 12.9. The normalized spacial score (nSPS) is 10.8. The van der Waals surface area contributed by atoms with E-state index in [0.29, 0.717) is 28.5 Å². The Balaban J connectivity index is 1.78. The van der Waals surface area contributed by atoms with Crippen LogP contribution in [0.4, 0.5) is 14.5 Å². The Morgan fingerprint density at radius 3 is 2.52 bits per heavy atom. The van der Waals surface area contributed by atoms with Gasteiger partial charge in [0.25, 0.3) is 0 Å². The summed E-state index contributed by atoms with van der Waals surface area (Å²) in [6.45, 7) is 1.78. The van der Waals surface area contributed by atoms with Crippen molar-refractivity contribution in [1.82, 2.24) is 0 Å². The fraction of sp³-hybridized carbons (Fsp3) is 0.200. The minimum atomic E-state index is -0.785. The molecule has 0 unspecified atom stereocenters. The largest absolute Gasteiger partial charge is 0.497 e. The van der Waals surface area contributed by atoms with Crippen molar-refractivity contribution < 1.29 is 22.7 Å². The minimum Gasteiger partial charge on any atom is -0.497 e. The molecule has 1 N–H and O–H groups in total. The predicted molar refractivity (Wildman–Crippen MR) is 97.1 cm³/mol. The van der Waals surface area contributed by atoms with E-state index in [0.717, 1.165) is 17.5 Å². The van der Waals surface area contributed by atoms with Crippen LogP contribution in [0.5, 0.6) is 5.75 Å². The van der Waals surface area contributed by atoms with Crippen molar-refractivity contribution in [3.8, 4) is 5.75 Å². The van der Waals surface area contributed by atoms with E-state index >= 15 is 0 Å². The third-order valence-corrected chi connectivity index (χ3v) is 4.24. The van der Waals surface area contributed by atoms with Crippen molar-refractivity contribution in [3.63, 3.8) is 0 Å². The standard InChI is InChI=1S/C20H17F2NO4/c1-11-16-4-3-15(26-2)10-18(16)27-20(25)17(11)5-6-19(24)23-14-8-12(21)7-13(22)9-14/h3-4,7-10H,5-6H2,1-2H3,(H,23,24). The van der Waals surface area contributed by atoms with Crippen LogP contribution in [0.15, 0.2) is 45.6 Å². The second-order valence-electron chi connectivity index (χ2n) is 6.06. The summed E-state index contributed by atoms with van der Waals surface area (Å²) < 4.78 is 36.8. The molecule has 0 radical (unpaired) electrons. The maximum Gasteiger partial charge on any atom is 0.339 e. The molecular weight excluding hydrogens is 356 g/mol. The second-order valence-corrected chi connectivity index (χ2v) is 6.06. The van der Waals surface area contributed by atoms with Gasteiger partial charge in [-0.05, 0) is 43.2 Å². The molecule has 7 heteroatoms. The number of methoxy groups -OCH3 is 1. The smallest absolute Gasteiger partial charge is 0.339 e. The van der Waals surface area contributed by atoms with E-state index in [2.05, 4.69) is 5.32 Å². The third kappa shape index (κ3) is 4.13. The van der Waals surface area contributed by atoms with Crippen LogP contribution >= 0.6 is 0 Å². The summed E-state index contributed by atoms with van der Waals surface area (Å²) in [5, 5.41) is 3.17. The molecule has 3 rings (SSSR count). The van der Waals surface area contributed by atoms with Crippen LogP contribution in [-0.2, 0) is 11.2 Å². The number of fused-ring (bicyclic) bond motifs is 1. The Hall–Kier alpha value is -3.22. The molecular formula is C20H17F2NO4. The molecule has 0 saturated carbocycles. The molecule has 0 spiro atoms. The number of amides is 1. The summed E-state index contributed by atoms with van der Waals surface area (Å²) in [4.78, 5) is 24.3. The third-order valence-electron chi connectivity index (χ3n) is 4.24. The maximum atomic E-state index is 13.2. The van der Waals surface area contributed by atoms with Gasteiger partial charge >= 0.3 is 5.63 Å². The fourth-order valence-corrected chi connectivity index (χ4v) is 2.88. The zero-order valence-corrected chi connectivity index (χ0v) is 14.8. The molecule has 0 bridgehead atoms. The average molecular weight is 373 g/mol. The lowest BCUT2D eigenvalue weighted by Crippen LogP contribution is -2.16. The molecule has 1 aromatic heterocycles. The molecule has 27 heavy (non-hydrogen) atoms. The van der Waals surface area contributed by atoms with E-state index in [4.69, 9.17) is 9.15 Å². The van der Waals surface area contributed by atoms with Crippen LogP contribution < -0.4 is 15.7 Å². The number of hydrogen-bond acceptors (Lipinski definition) is 4. The lowest BCUT2D eigenvalue weighted by atomic mass is 10.0. The Kier molecular flexibility index (Phi) is 5.21. The number of benzene rings is 2. The van der Waals surface area contributed by atoms with Crippen LogP contribution in [-0.4, -0.2) is 13.0 Å². The Morgan fingerprint density at radius 1 is 1.15 bits per heavy atom. The maximum absolute atomic E-state index is 13.2. The lowest BCUT2D eigenvalue weighted by molar-refractivity contribution is -0.116. The van der Waals surface area contributed by atoms with Gasteiger partial charge in [0, 0.05) is 35.2 Å². The first-order valence-corrected chi connectivity index (χ1v) is 8.23. The van der Waals surface area contributed by atoms with Crippen LogP contribution in [0.2, 0.25) is 0 Å². The quantitative estimate of drug-likeness (QED) is 0.688. The number of carbonyl (C=O) groups is 1. The molecule has 0 atom stereocenters. The average Bonchev–Trinajstić information content (AvgIpc) is 2.60. The number of nitrogens with one attached hydrogen (secondary N) is 1. The highest BCUT2D eigenvalue weighted by Gasteiger charge is 2.14. The molecule has 140 valence electrons. The van der Waals surface area contributed by atoms with E-state index in [1.54, 1.807) is 25.1 Å². The van der Waals surface area contributed by atoms with Crippen LogP contribution in [0, 0.1) is 18.6 Å². The van der Waals surface area contributed by atoms with Gasteiger partial charge in [0.15, 0.2) is 0 Å². The van der Waals surface area contributed by atoms with E-state index in [-0.39, 0.29) is 18.5 Å².